The van der Waals surface area contributed by atoms with Crippen molar-refractivity contribution in [2.24, 2.45) is 5.92 Å². The number of halogens is 1. The monoisotopic (exact) mass is 288 g/mol. The molecule has 0 aliphatic heterocycles. The molecule has 0 radical (unpaired) electrons. The molecule has 3 nitrogen and oxygen atoms in total. The quantitative estimate of drug-likeness (QED) is 0.870. The molecular weight excluding hydrogens is 268 g/mol. The third-order valence-electron chi connectivity index (χ3n) is 2.83. The third kappa shape index (κ3) is 3.08. The summed E-state index contributed by atoms with van der Waals surface area (Å²) in [6, 6.07) is 0. The third-order valence-corrected chi connectivity index (χ3v) is 3.44. The zero-order valence-electron chi connectivity index (χ0n) is 10.3. The van der Waals surface area contributed by atoms with E-state index < -0.39 is 6.10 Å². The second-order valence-electron chi connectivity index (χ2n) is 4.31. The summed E-state index contributed by atoms with van der Waals surface area (Å²) in [5.41, 5.74) is 0.919. The van der Waals surface area contributed by atoms with Gasteiger partial charge >= 0.3 is 0 Å². The molecule has 2 atom stereocenters. The van der Waals surface area contributed by atoms with E-state index in [-0.39, 0.29) is 5.92 Å². The Labute approximate surface area is 106 Å². The Kier molecular flexibility index (Phi) is 5.49. The van der Waals surface area contributed by atoms with E-state index in [9.17, 15) is 5.11 Å². The lowest BCUT2D eigenvalue weighted by molar-refractivity contribution is 0.102. The van der Waals surface area contributed by atoms with E-state index in [1.54, 1.807) is 6.20 Å². The van der Waals surface area contributed by atoms with Crippen molar-refractivity contribution in [1.82, 2.24) is 9.78 Å². The fourth-order valence-electron chi connectivity index (χ4n) is 1.94. The number of rotatable bonds is 6. The first-order valence-corrected chi connectivity index (χ1v) is 6.80. The van der Waals surface area contributed by atoms with E-state index in [4.69, 9.17) is 0 Å². The standard InChI is InChI=1S/C12H21BrN2O/c1-4-6-9(3)12(16)11-10(13)8-14-15(11)7-5-2/h8-9,12,16H,4-7H2,1-3H3. The highest BCUT2D eigenvalue weighted by atomic mass is 79.9. The van der Waals surface area contributed by atoms with Gasteiger partial charge in [0.25, 0.3) is 0 Å². The Bertz CT molecular complexity index is 325. The molecule has 0 aromatic carbocycles. The van der Waals surface area contributed by atoms with Crippen molar-refractivity contribution in [3.63, 3.8) is 0 Å². The fourth-order valence-corrected chi connectivity index (χ4v) is 2.47. The van der Waals surface area contributed by atoms with Crippen molar-refractivity contribution in [2.45, 2.75) is 52.7 Å². The minimum absolute atomic E-state index is 0.272. The van der Waals surface area contributed by atoms with E-state index in [1.807, 2.05) is 4.68 Å². The molecule has 2 unspecified atom stereocenters. The van der Waals surface area contributed by atoms with Crippen molar-refractivity contribution in [3.05, 3.63) is 16.4 Å². The van der Waals surface area contributed by atoms with Gasteiger partial charge < -0.3 is 5.11 Å². The summed E-state index contributed by atoms with van der Waals surface area (Å²) in [6.07, 6.45) is 4.49. The predicted octanol–water partition coefficient (Wildman–Crippen LogP) is 3.53. The van der Waals surface area contributed by atoms with Crippen LogP contribution in [0.5, 0.6) is 0 Å². The molecule has 1 heterocycles. The van der Waals surface area contributed by atoms with Gasteiger partial charge in [0.15, 0.2) is 0 Å². The molecule has 0 saturated carbocycles. The molecule has 4 heteroatoms. The van der Waals surface area contributed by atoms with Gasteiger partial charge in [0.1, 0.15) is 0 Å². The molecule has 1 aromatic heterocycles. The molecule has 0 spiro atoms. The summed E-state index contributed by atoms with van der Waals surface area (Å²) in [7, 11) is 0. The van der Waals surface area contributed by atoms with Gasteiger partial charge in [0.2, 0.25) is 0 Å². The van der Waals surface area contributed by atoms with E-state index in [2.05, 4.69) is 41.8 Å². The first-order valence-electron chi connectivity index (χ1n) is 6.01. The second-order valence-corrected chi connectivity index (χ2v) is 5.17. The maximum Gasteiger partial charge on any atom is 0.0993 e. The second kappa shape index (κ2) is 6.40. The zero-order chi connectivity index (χ0) is 12.1. The number of aromatic nitrogens is 2. The number of aliphatic hydroxyl groups excluding tert-OH is 1. The smallest absolute Gasteiger partial charge is 0.0993 e. The Balaban J connectivity index is 2.87. The maximum absolute atomic E-state index is 10.3. The van der Waals surface area contributed by atoms with Crippen molar-refractivity contribution in [2.75, 3.05) is 0 Å². The van der Waals surface area contributed by atoms with Crippen LogP contribution in [0.4, 0.5) is 0 Å². The predicted molar refractivity (Wildman–Crippen MR) is 69.2 cm³/mol. The van der Waals surface area contributed by atoms with Crippen molar-refractivity contribution in [3.8, 4) is 0 Å². The van der Waals surface area contributed by atoms with Gasteiger partial charge in [-0.25, -0.2) is 0 Å². The minimum atomic E-state index is -0.427. The molecular formula is C12H21BrN2O. The van der Waals surface area contributed by atoms with Crippen LogP contribution >= 0.6 is 15.9 Å². The van der Waals surface area contributed by atoms with Crippen LogP contribution in [0.2, 0.25) is 0 Å². The summed E-state index contributed by atoms with van der Waals surface area (Å²) in [5, 5.41) is 14.6. The first-order chi connectivity index (χ1) is 7.61. The number of hydrogen-bond acceptors (Lipinski definition) is 2. The largest absolute Gasteiger partial charge is 0.386 e. The van der Waals surface area contributed by atoms with Crippen molar-refractivity contribution < 1.29 is 5.11 Å². The lowest BCUT2D eigenvalue weighted by atomic mass is 9.97. The molecule has 16 heavy (non-hydrogen) atoms. The normalized spacial score (nSPS) is 15.1. The lowest BCUT2D eigenvalue weighted by Gasteiger charge is -2.20. The maximum atomic E-state index is 10.3. The first kappa shape index (κ1) is 13.7. The van der Waals surface area contributed by atoms with Crippen LogP contribution in [-0.4, -0.2) is 14.9 Å². The van der Waals surface area contributed by atoms with Gasteiger partial charge in [-0.15, -0.1) is 0 Å². The number of nitrogens with zero attached hydrogens (tertiary/aromatic N) is 2. The molecule has 0 aliphatic rings. The van der Waals surface area contributed by atoms with Gasteiger partial charge in [-0.2, -0.15) is 5.10 Å². The summed E-state index contributed by atoms with van der Waals surface area (Å²) in [6.45, 7) is 7.20. The minimum Gasteiger partial charge on any atom is -0.386 e. The van der Waals surface area contributed by atoms with Crippen LogP contribution in [-0.2, 0) is 6.54 Å². The van der Waals surface area contributed by atoms with E-state index in [1.165, 1.54) is 0 Å². The van der Waals surface area contributed by atoms with Crippen LogP contribution in [0.3, 0.4) is 0 Å². The lowest BCUT2D eigenvalue weighted by Crippen LogP contribution is -2.15. The number of hydrogen-bond donors (Lipinski definition) is 1. The van der Waals surface area contributed by atoms with Gasteiger partial charge in [-0.1, -0.05) is 27.2 Å². The van der Waals surface area contributed by atoms with Crippen molar-refractivity contribution in [1.29, 1.82) is 0 Å². The van der Waals surface area contributed by atoms with E-state index in [0.717, 1.165) is 36.0 Å². The Hall–Kier alpha value is -0.350. The van der Waals surface area contributed by atoms with Crippen LogP contribution in [0, 0.1) is 5.92 Å². The highest BCUT2D eigenvalue weighted by Gasteiger charge is 2.22. The highest BCUT2D eigenvalue weighted by molar-refractivity contribution is 9.10. The van der Waals surface area contributed by atoms with Gasteiger partial charge in [0, 0.05) is 6.54 Å². The SMILES string of the molecule is CCCC(C)C(O)c1c(Br)cnn1CCC. The molecule has 92 valence electrons. The van der Waals surface area contributed by atoms with Gasteiger partial charge in [-0.3, -0.25) is 4.68 Å². The van der Waals surface area contributed by atoms with E-state index in [0.29, 0.717) is 0 Å². The number of aryl methyl sites for hydroxylation is 1. The molecule has 0 saturated heterocycles. The van der Waals surface area contributed by atoms with Crippen LogP contribution in [0.1, 0.15) is 51.8 Å². The molecule has 0 bridgehead atoms. The highest BCUT2D eigenvalue weighted by Crippen LogP contribution is 2.30. The molecule has 1 rings (SSSR count). The topological polar surface area (TPSA) is 38.1 Å². The summed E-state index contributed by atoms with van der Waals surface area (Å²) in [5.74, 6) is 0.272. The van der Waals surface area contributed by atoms with Crippen molar-refractivity contribution >= 4 is 15.9 Å². The summed E-state index contributed by atoms with van der Waals surface area (Å²) < 4.78 is 2.82. The average molecular weight is 289 g/mol. The summed E-state index contributed by atoms with van der Waals surface area (Å²) in [4.78, 5) is 0. The molecule has 0 amide bonds. The Morgan fingerprint density at radius 2 is 2.12 bits per heavy atom. The zero-order valence-corrected chi connectivity index (χ0v) is 11.9. The van der Waals surface area contributed by atoms with E-state index >= 15 is 0 Å². The molecule has 0 fully saturated rings. The van der Waals surface area contributed by atoms with Gasteiger partial charge in [-0.05, 0) is 34.7 Å². The number of aliphatic hydroxyl groups is 1. The molecule has 1 N–H and O–H groups in total. The van der Waals surface area contributed by atoms with Crippen LogP contribution in [0.15, 0.2) is 10.7 Å². The van der Waals surface area contributed by atoms with Crippen LogP contribution < -0.4 is 0 Å². The van der Waals surface area contributed by atoms with Crippen LogP contribution in [0.25, 0.3) is 0 Å². The van der Waals surface area contributed by atoms with Gasteiger partial charge in [0.05, 0.1) is 22.5 Å². The Morgan fingerprint density at radius 3 is 2.69 bits per heavy atom. The fraction of sp³-hybridized carbons (Fsp3) is 0.750. The summed E-state index contributed by atoms with van der Waals surface area (Å²) >= 11 is 3.46. The Morgan fingerprint density at radius 1 is 1.44 bits per heavy atom. The molecule has 0 aliphatic carbocycles. The molecule has 1 aromatic rings. The average Bonchev–Trinajstić information content (AvgIpc) is 2.60.